The van der Waals surface area contributed by atoms with Gasteiger partial charge >= 0.3 is 12.4 Å². The lowest BCUT2D eigenvalue weighted by atomic mass is 10.1. The van der Waals surface area contributed by atoms with Gasteiger partial charge in [-0.25, -0.2) is 0 Å². The second kappa shape index (κ2) is 7.95. The highest BCUT2D eigenvalue weighted by Gasteiger charge is 2.33. The Morgan fingerprint density at radius 3 is 2.22 bits per heavy atom. The van der Waals surface area contributed by atoms with Crippen LogP contribution in [0, 0.1) is 0 Å². The molecule has 2 N–H and O–H groups in total. The van der Waals surface area contributed by atoms with Gasteiger partial charge in [0.1, 0.15) is 0 Å². The summed E-state index contributed by atoms with van der Waals surface area (Å²) in [6.07, 6.45) is -9.07. The lowest BCUT2D eigenvalue weighted by Crippen LogP contribution is -2.26. The Labute approximate surface area is 156 Å². The van der Waals surface area contributed by atoms with Gasteiger partial charge in [-0.3, -0.25) is 5.43 Å². The Morgan fingerprint density at radius 1 is 0.926 bits per heavy atom. The van der Waals surface area contributed by atoms with Gasteiger partial charge in [0, 0.05) is 0 Å². The monoisotopic (exact) mass is 405 g/mol. The van der Waals surface area contributed by atoms with E-state index in [1.807, 2.05) is 0 Å². The summed E-state index contributed by atoms with van der Waals surface area (Å²) in [7, 11) is 0. The van der Waals surface area contributed by atoms with Crippen LogP contribution < -0.4 is 10.7 Å². The molecule has 0 spiro atoms. The molecule has 0 amide bonds. The number of nitrogens with zero attached hydrogens (tertiary/aromatic N) is 1. The van der Waals surface area contributed by atoms with E-state index in [4.69, 9.17) is 12.2 Å². The molecule has 0 aliphatic rings. The van der Waals surface area contributed by atoms with Crippen LogP contribution in [0.25, 0.3) is 0 Å². The maximum Gasteiger partial charge on any atom is 0.418 e. The number of alkyl halides is 6. The van der Waals surface area contributed by atoms with Crippen molar-refractivity contribution in [1.29, 1.82) is 0 Å². The van der Waals surface area contributed by atoms with Gasteiger partial charge in [-0.05, 0) is 49.0 Å². The second-order valence-corrected chi connectivity index (χ2v) is 5.79. The van der Waals surface area contributed by atoms with Gasteiger partial charge in [-0.2, -0.15) is 31.4 Å². The molecule has 0 atom stereocenters. The summed E-state index contributed by atoms with van der Waals surface area (Å²) in [5.74, 6) is 0. The summed E-state index contributed by atoms with van der Waals surface area (Å²) in [5, 5.41) is 5.95. The van der Waals surface area contributed by atoms with Crippen LogP contribution in [0.5, 0.6) is 0 Å². The van der Waals surface area contributed by atoms with Gasteiger partial charge in [0.15, 0.2) is 5.11 Å². The quantitative estimate of drug-likeness (QED) is 0.309. The van der Waals surface area contributed by atoms with Crippen LogP contribution in [0.3, 0.4) is 0 Å². The van der Waals surface area contributed by atoms with E-state index in [2.05, 4.69) is 15.8 Å². The average Bonchev–Trinajstić information content (AvgIpc) is 2.58. The summed E-state index contributed by atoms with van der Waals surface area (Å²) < 4.78 is 77.1. The van der Waals surface area contributed by atoms with Crippen molar-refractivity contribution in [2.75, 3.05) is 5.32 Å². The number of thiocarbonyl (C=S) groups is 1. The molecule has 0 saturated carbocycles. The molecule has 0 unspecified atom stereocenters. The molecule has 2 rings (SSSR count). The number of rotatable bonds is 3. The van der Waals surface area contributed by atoms with Crippen molar-refractivity contribution in [1.82, 2.24) is 5.43 Å². The molecular formula is C17H13F6N3S. The molecule has 0 radical (unpaired) electrons. The third kappa shape index (κ3) is 5.68. The zero-order chi connectivity index (χ0) is 20.2. The zero-order valence-electron chi connectivity index (χ0n) is 13.7. The molecule has 27 heavy (non-hydrogen) atoms. The lowest BCUT2D eigenvalue weighted by molar-refractivity contribution is -0.138. The smallest absolute Gasteiger partial charge is 0.331 e. The van der Waals surface area contributed by atoms with Gasteiger partial charge in [0.25, 0.3) is 0 Å². The normalized spacial score (nSPS) is 12.6. The maximum atomic E-state index is 12.9. The van der Waals surface area contributed by atoms with Crippen molar-refractivity contribution in [3.05, 3.63) is 65.2 Å². The van der Waals surface area contributed by atoms with Gasteiger partial charge in [-0.1, -0.05) is 24.3 Å². The van der Waals surface area contributed by atoms with Crippen LogP contribution in [0.1, 0.15) is 23.6 Å². The summed E-state index contributed by atoms with van der Waals surface area (Å²) in [6.45, 7) is 1.44. The van der Waals surface area contributed by atoms with Gasteiger partial charge in [-0.15, -0.1) is 0 Å². The van der Waals surface area contributed by atoms with E-state index in [9.17, 15) is 26.3 Å². The van der Waals surface area contributed by atoms with Crippen molar-refractivity contribution in [2.24, 2.45) is 5.10 Å². The van der Waals surface area contributed by atoms with Crippen LogP contribution in [0.15, 0.2) is 53.6 Å². The van der Waals surface area contributed by atoms with Gasteiger partial charge in [0.2, 0.25) is 0 Å². The molecule has 0 aromatic heterocycles. The molecule has 0 saturated heterocycles. The van der Waals surface area contributed by atoms with Crippen molar-refractivity contribution in [2.45, 2.75) is 19.3 Å². The molecule has 0 fully saturated rings. The predicted molar refractivity (Wildman–Crippen MR) is 94.5 cm³/mol. The first-order valence-corrected chi connectivity index (χ1v) is 7.84. The topological polar surface area (TPSA) is 36.4 Å². The third-order valence-corrected chi connectivity index (χ3v) is 3.61. The van der Waals surface area contributed by atoms with E-state index >= 15 is 0 Å². The number of benzene rings is 2. The number of hydrazone groups is 1. The highest BCUT2D eigenvalue weighted by Crippen LogP contribution is 2.34. The number of halogens is 6. The van der Waals surface area contributed by atoms with Crippen LogP contribution in [-0.2, 0) is 12.4 Å². The van der Waals surface area contributed by atoms with E-state index in [-0.39, 0.29) is 22.1 Å². The molecule has 10 heteroatoms. The summed E-state index contributed by atoms with van der Waals surface area (Å²) in [5.41, 5.74) is 0.675. The Hall–Kier alpha value is -2.62. The highest BCUT2D eigenvalue weighted by atomic mass is 32.1. The molecule has 0 aliphatic heterocycles. The summed E-state index contributed by atoms with van der Waals surface area (Å²) >= 11 is 4.90. The minimum Gasteiger partial charge on any atom is -0.331 e. The van der Waals surface area contributed by atoms with Crippen molar-refractivity contribution < 1.29 is 26.3 Å². The number of hydrogen-bond acceptors (Lipinski definition) is 2. The minimum atomic E-state index is -4.57. The Morgan fingerprint density at radius 2 is 1.59 bits per heavy atom. The van der Waals surface area contributed by atoms with Crippen LogP contribution in [-0.4, -0.2) is 10.8 Å². The fourth-order valence-electron chi connectivity index (χ4n) is 2.11. The summed E-state index contributed by atoms with van der Waals surface area (Å²) in [6, 6.07) is 9.21. The summed E-state index contributed by atoms with van der Waals surface area (Å²) in [4.78, 5) is 0. The average molecular weight is 405 g/mol. The molecule has 2 aromatic carbocycles. The minimum absolute atomic E-state index is 0.175. The van der Waals surface area contributed by atoms with E-state index in [0.29, 0.717) is 0 Å². The first kappa shape index (κ1) is 20.7. The number of nitrogens with one attached hydrogen (secondary N) is 2. The molecule has 0 aliphatic carbocycles. The standard InChI is InChI=1S/C17H13F6N3S/c1-10(11-5-4-6-12(9-11)16(18,19)20)25-26-15(27)24-14-8-3-2-7-13(14)17(21,22)23/h2-9H,1H3,(H2,24,26,27)/b25-10+. The predicted octanol–water partition coefficient (Wildman–Crippen LogP) is 5.43. The fourth-order valence-corrected chi connectivity index (χ4v) is 2.26. The number of para-hydroxylation sites is 1. The van der Waals surface area contributed by atoms with E-state index in [0.717, 1.165) is 18.2 Å². The number of anilines is 1. The maximum absolute atomic E-state index is 12.9. The highest BCUT2D eigenvalue weighted by molar-refractivity contribution is 7.80. The first-order chi connectivity index (χ1) is 12.5. The Bertz CT molecular complexity index is 858. The SMILES string of the molecule is C/C(=N\NC(=S)Nc1ccccc1C(F)(F)F)c1cccc(C(F)(F)F)c1. The lowest BCUT2D eigenvalue weighted by Gasteiger charge is -2.14. The largest absolute Gasteiger partial charge is 0.418 e. The molecule has 0 bridgehead atoms. The van der Waals surface area contributed by atoms with Crippen LogP contribution in [0.2, 0.25) is 0 Å². The Kier molecular flexibility index (Phi) is 6.09. The first-order valence-electron chi connectivity index (χ1n) is 7.43. The van der Waals surface area contributed by atoms with E-state index < -0.39 is 23.5 Å². The van der Waals surface area contributed by atoms with Crippen molar-refractivity contribution in [3.63, 3.8) is 0 Å². The van der Waals surface area contributed by atoms with E-state index in [1.54, 1.807) is 0 Å². The van der Waals surface area contributed by atoms with Crippen LogP contribution >= 0.6 is 12.2 Å². The molecular weight excluding hydrogens is 392 g/mol. The van der Waals surface area contributed by atoms with Crippen molar-refractivity contribution in [3.8, 4) is 0 Å². The van der Waals surface area contributed by atoms with Crippen LogP contribution in [0.4, 0.5) is 32.0 Å². The second-order valence-electron chi connectivity index (χ2n) is 5.39. The van der Waals surface area contributed by atoms with E-state index in [1.165, 1.54) is 37.3 Å². The fraction of sp³-hybridized carbons (Fsp3) is 0.176. The molecule has 3 nitrogen and oxygen atoms in total. The molecule has 144 valence electrons. The molecule has 2 aromatic rings. The van der Waals surface area contributed by atoms with Crippen molar-refractivity contribution >= 4 is 28.7 Å². The van der Waals surface area contributed by atoms with Gasteiger partial charge in [0.05, 0.1) is 22.5 Å². The number of hydrogen-bond donors (Lipinski definition) is 2. The molecule has 0 heterocycles. The zero-order valence-corrected chi connectivity index (χ0v) is 14.6. The Balaban J connectivity index is 2.12. The van der Waals surface area contributed by atoms with Gasteiger partial charge < -0.3 is 5.32 Å². The third-order valence-electron chi connectivity index (χ3n) is 3.41.